The summed E-state index contributed by atoms with van der Waals surface area (Å²) in [5.74, 6) is 1.37. The molecule has 3 rings (SSSR count). The molecule has 0 radical (unpaired) electrons. The maximum atomic E-state index is 11.9. The quantitative estimate of drug-likeness (QED) is 0.631. The van der Waals surface area contributed by atoms with Crippen LogP contribution in [0.4, 0.5) is 5.95 Å². The molecular weight excluding hydrogens is 388 g/mol. The van der Waals surface area contributed by atoms with Crippen molar-refractivity contribution in [1.29, 1.82) is 0 Å². The summed E-state index contributed by atoms with van der Waals surface area (Å²) in [5.41, 5.74) is 3.64. The summed E-state index contributed by atoms with van der Waals surface area (Å²) in [6.45, 7) is 9.85. The van der Waals surface area contributed by atoms with Crippen LogP contribution in [0, 0.1) is 6.92 Å². The van der Waals surface area contributed by atoms with Crippen molar-refractivity contribution in [2.24, 2.45) is 0 Å². The first-order valence-electron chi connectivity index (χ1n) is 9.57. The fourth-order valence-electron chi connectivity index (χ4n) is 3.10. The average Bonchev–Trinajstić information content (AvgIpc) is 2.94. The van der Waals surface area contributed by atoms with Crippen LogP contribution in [-0.2, 0) is 16.3 Å². The van der Waals surface area contributed by atoms with Gasteiger partial charge in [-0.3, -0.25) is 4.98 Å². The van der Waals surface area contributed by atoms with Crippen LogP contribution >= 0.6 is 0 Å². The molecule has 0 aromatic carbocycles. The van der Waals surface area contributed by atoms with E-state index in [0.717, 1.165) is 28.2 Å². The third-order valence-corrected chi connectivity index (χ3v) is 7.23. The largest absolute Gasteiger partial charge is 0.353 e. The molecule has 0 saturated heterocycles. The van der Waals surface area contributed by atoms with Gasteiger partial charge in [-0.15, -0.1) is 0 Å². The molecule has 0 aliphatic carbocycles. The second-order valence-corrected chi connectivity index (χ2v) is 10.9. The maximum Gasteiger partial charge on any atom is 0.222 e. The Hall–Kier alpha value is -2.55. The number of hydrogen-bond acceptors (Lipinski definition) is 7. The number of nitrogens with zero attached hydrogens (tertiary/aromatic N) is 5. The van der Waals surface area contributed by atoms with E-state index in [1.54, 1.807) is 26.2 Å². The molecule has 8 nitrogen and oxygen atoms in total. The smallest absolute Gasteiger partial charge is 0.222 e. The van der Waals surface area contributed by atoms with Crippen LogP contribution in [0.1, 0.15) is 50.9 Å². The van der Waals surface area contributed by atoms with E-state index in [1.807, 2.05) is 13.0 Å². The van der Waals surface area contributed by atoms with E-state index in [1.165, 1.54) is 6.26 Å². The van der Waals surface area contributed by atoms with Crippen LogP contribution in [-0.4, -0.2) is 50.5 Å². The molecule has 3 heterocycles. The number of aryl methyl sites for hydroxylation is 1. The van der Waals surface area contributed by atoms with Crippen molar-refractivity contribution in [2.45, 2.75) is 51.8 Å². The van der Waals surface area contributed by atoms with E-state index in [9.17, 15) is 8.42 Å². The third-order valence-electron chi connectivity index (χ3n) is 5.08. The zero-order valence-electron chi connectivity index (χ0n) is 17.8. The summed E-state index contributed by atoms with van der Waals surface area (Å²) in [6, 6.07) is 4.20. The Balaban J connectivity index is 1.81. The number of sulfone groups is 1. The standard InChI is InChI=1S/C20H28N6O2S/c1-13(2)26-14(3)24-17-11-22-16(10-18(17)26)9-15-7-8-21-19(25-15)23-12-20(4,5)29(6,27)28/h7-8,10-11,13H,9,12H2,1-6H3,(H,21,23,25). The number of rotatable bonds is 7. The first-order valence-corrected chi connectivity index (χ1v) is 11.5. The van der Waals surface area contributed by atoms with Crippen molar-refractivity contribution >= 4 is 26.8 Å². The van der Waals surface area contributed by atoms with Gasteiger partial charge in [-0.05, 0) is 46.8 Å². The first kappa shape index (κ1) is 21.2. The topological polar surface area (TPSA) is 103 Å². The van der Waals surface area contributed by atoms with Crippen molar-refractivity contribution in [1.82, 2.24) is 24.5 Å². The molecule has 0 aliphatic heterocycles. The van der Waals surface area contributed by atoms with Crippen molar-refractivity contribution in [3.63, 3.8) is 0 Å². The van der Waals surface area contributed by atoms with Gasteiger partial charge in [0.05, 0.1) is 22.2 Å². The molecule has 1 N–H and O–H groups in total. The monoisotopic (exact) mass is 416 g/mol. The van der Waals surface area contributed by atoms with Crippen molar-refractivity contribution in [3.8, 4) is 0 Å². The lowest BCUT2D eigenvalue weighted by atomic mass is 10.2. The Kier molecular flexibility index (Phi) is 5.62. The second-order valence-electron chi connectivity index (χ2n) is 8.22. The minimum atomic E-state index is -3.20. The van der Waals surface area contributed by atoms with Crippen molar-refractivity contribution in [3.05, 3.63) is 41.7 Å². The summed E-state index contributed by atoms with van der Waals surface area (Å²) >= 11 is 0. The number of fused-ring (bicyclic) bond motifs is 1. The Labute approximate surface area is 171 Å². The number of aromatic nitrogens is 5. The van der Waals surface area contributed by atoms with E-state index < -0.39 is 14.6 Å². The predicted octanol–water partition coefficient (Wildman–Crippen LogP) is 2.94. The third kappa shape index (κ3) is 4.55. The molecule has 0 aliphatic rings. The summed E-state index contributed by atoms with van der Waals surface area (Å²) in [4.78, 5) is 17.8. The highest BCUT2D eigenvalue weighted by Crippen LogP contribution is 2.22. The highest BCUT2D eigenvalue weighted by atomic mass is 32.2. The van der Waals surface area contributed by atoms with Gasteiger partial charge in [0.15, 0.2) is 9.84 Å². The van der Waals surface area contributed by atoms with E-state index >= 15 is 0 Å². The van der Waals surface area contributed by atoms with Gasteiger partial charge in [0.1, 0.15) is 11.3 Å². The highest BCUT2D eigenvalue weighted by molar-refractivity contribution is 7.92. The summed E-state index contributed by atoms with van der Waals surface area (Å²) in [6.07, 6.45) is 5.24. The molecule has 3 aromatic heterocycles. The summed E-state index contributed by atoms with van der Waals surface area (Å²) < 4.78 is 25.0. The Morgan fingerprint density at radius 2 is 1.90 bits per heavy atom. The van der Waals surface area contributed by atoms with Gasteiger partial charge in [0.2, 0.25) is 5.95 Å². The van der Waals surface area contributed by atoms with Gasteiger partial charge in [0, 0.05) is 37.2 Å². The zero-order valence-corrected chi connectivity index (χ0v) is 18.6. The van der Waals surface area contributed by atoms with Crippen LogP contribution in [0.5, 0.6) is 0 Å². The normalized spacial score (nSPS) is 12.7. The zero-order chi connectivity index (χ0) is 21.4. The van der Waals surface area contributed by atoms with E-state index in [2.05, 4.69) is 49.7 Å². The van der Waals surface area contributed by atoms with Crippen LogP contribution in [0.3, 0.4) is 0 Å². The molecule has 0 unspecified atom stereocenters. The van der Waals surface area contributed by atoms with Crippen molar-refractivity contribution in [2.75, 3.05) is 18.1 Å². The Bertz CT molecular complexity index is 1140. The lowest BCUT2D eigenvalue weighted by molar-refractivity contribution is 0.559. The van der Waals surface area contributed by atoms with Crippen LogP contribution in [0.25, 0.3) is 11.0 Å². The van der Waals surface area contributed by atoms with Gasteiger partial charge < -0.3 is 9.88 Å². The molecule has 0 amide bonds. The fraction of sp³-hybridized carbons (Fsp3) is 0.500. The molecule has 29 heavy (non-hydrogen) atoms. The minimum absolute atomic E-state index is 0.229. The van der Waals surface area contributed by atoms with Crippen LogP contribution in [0.2, 0.25) is 0 Å². The van der Waals surface area contributed by atoms with Crippen LogP contribution < -0.4 is 5.32 Å². The number of hydrogen-bond donors (Lipinski definition) is 1. The number of imidazole rings is 1. The van der Waals surface area contributed by atoms with E-state index in [0.29, 0.717) is 18.4 Å². The highest BCUT2D eigenvalue weighted by Gasteiger charge is 2.30. The molecule has 0 saturated carbocycles. The predicted molar refractivity (Wildman–Crippen MR) is 115 cm³/mol. The van der Waals surface area contributed by atoms with Gasteiger partial charge in [-0.25, -0.2) is 23.4 Å². The van der Waals surface area contributed by atoms with Crippen molar-refractivity contribution < 1.29 is 8.42 Å². The molecule has 0 bridgehead atoms. The second kappa shape index (κ2) is 7.70. The van der Waals surface area contributed by atoms with Gasteiger partial charge in [0.25, 0.3) is 0 Å². The molecular formula is C20H28N6O2S. The number of anilines is 1. The van der Waals surface area contributed by atoms with Gasteiger partial charge >= 0.3 is 0 Å². The van der Waals surface area contributed by atoms with E-state index in [-0.39, 0.29) is 6.54 Å². The maximum absolute atomic E-state index is 11.9. The lowest BCUT2D eigenvalue weighted by Gasteiger charge is -2.22. The molecule has 9 heteroatoms. The minimum Gasteiger partial charge on any atom is -0.353 e. The average molecular weight is 417 g/mol. The first-order chi connectivity index (χ1) is 13.5. The number of nitrogens with one attached hydrogen (secondary N) is 1. The van der Waals surface area contributed by atoms with Gasteiger partial charge in [-0.2, -0.15) is 0 Å². The lowest BCUT2D eigenvalue weighted by Crippen LogP contribution is -2.38. The molecule has 0 fully saturated rings. The number of pyridine rings is 1. The Morgan fingerprint density at radius 1 is 1.17 bits per heavy atom. The molecule has 3 aromatic rings. The SMILES string of the molecule is Cc1nc2cnc(Cc3ccnc(NCC(C)(C)S(C)(=O)=O)n3)cc2n1C(C)C. The Morgan fingerprint density at radius 3 is 2.55 bits per heavy atom. The van der Waals surface area contributed by atoms with E-state index in [4.69, 9.17) is 0 Å². The molecule has 0 spiro atoms. The van der Waals surface area contributed by atoms with Crippen LogP contribution in [0.15, 0.2) is 24.5 Å². The van der Waals surface area contributed by atoms with Gasteiger partial charge in [-0.1, -0.05) is 0 Å². The summed E-state index contributed by atoms with van der Waals surface area (Å²) in [5, 5.41) is 3.04. The summed E-state index contributed by atoms with van der Waals surface area (Å²) in [7, 11) is -3.20. The molecule has 0 atom stereocenters. The fourth-order valence-corrected chi connectivity index (χ4v) is 3.43. The molecule has 156 valence electrons.